The van der Waals surface area contributed by atoms with Crippen LogP contribution in [0.15, 0.2) is 40.9 Å². The molecule has 1 amide bonds. The van der Waals surface area contributed by atoms with E-state index in [0.29, 0.717) is 6.42 Å². The number of amides is 1. The molecule has 1 aliphatic heterocycles. The maximum Gasteiger partial charge on any atom is 0.231 e. The summed E-state index contributed by atoms with van der Waals surface area (Å²) in [4.78, 5) is 13.4. The fourth-order valence-corrected chi connectivity index (χ4v) is 3.57. The van der Waals surface area contributed by atoms with Crippen molar-refractivity contribution in [2.45, 2.75) is 12.5 Å². The summed E-state index contributed by atoms with van der Waals surface area (Å²) in [6.07, 6.45) is -0.289. The zero-order chi connectivity index (χ0) is 15.1. The van der Waals surface area contributed by atoms with Crippen LogP contribution in [-0.4, -0.2) is 18.1 Å². The first-order valence-corrected chi connectivity index (χ1v) is 8.37. The van der Waals surface area contributed by atoms with Gasteiger partial charge < -0.3 is 10.0 Å². The van der Waals surface area contributed by atoms with E-state index in [9.17, 15) is 9.90 Å². The SMILES string of the molecule is CN1C(=O)Cc2cc(C(O)c3cc(Br)ccc3I)ccc21. The van der Waals surface area contributed by atoms with Crippen molar-refractivity contribution >= 4 is 50.1 Å². The van der Waals surface area contributed by atoms with E-state index in [-0.39, 0.29) is 5.91 Å². The number of benzene rings is 2. The molecule has 2 aromatic rings. The van der Waals surface area contributed by atoms with Crippen molar-refractivity contribution in [3.05, 3.63) is 61.1 Å². The highest BCUT2D eigenvalue weighted by Gasteiger charge is 2.25. The van der Waals surface area contributed by atoms with Crippen LogP contribution in [0.5, 0.6) is 0 Å². The average molecular weight is 458 g/mol. The number of rotatable bonds is 2. The number of halogens is 2. The summed E-state index contributed by atoms with van der Waals surface area (Å²) in [6.45, 7) is 0. The van der Waals surface area contributed by atoms with Gasteiger partial charge in [-0.15, -0.1) is 0 Å². The maximum absolute atomic E-state index is 11.7. The smallest absolute Gasteiger partial charge is 0.231 e. The van der Waals surface area contributed by atoms with Gasteiger partial charge in [0.25, 0.3) is 0 Å². The summed E-state index contributed by atoms with van der Waals surface area (Å²) >= 11 is 5.66. The van der Waals surface area contributed by atoms with Crippen molar-refractivity contribution in [2.24, 2.45) is 0 Å². The minimum absolute atomic E-state index is 0.0914. The second kappa shape index (κ2) is 5.70. The van der Waals surface area contributed by atoms with E-state index in [1.54, 1.807) is 11.9 Å². The highest BCUT2D eigenvalue weighted by Crippen LogP contribution is 2.34. The molecule has 1 aliphatic rings. The number of hydrogen-bond donors (Lipinski definition) is 1. The Hall–Kier alpha value is -0.920. The Morgan fingerprint density at radius 1 is 1.29 bits per heavy atom. The maximum atomic E-state index is 11.7. The molecule has 5 heteroatoms. The Morgan fingerprint density at radius 2 is 2.05 bits per heavy atom. The highest BCUT2D eigenvalue weighted by molar-refractivity contribution is 14.1. The molecule has 1 heterocycles. The van der Waals surface area contributed by atoms with Crippen molar-refractivity contribution in [3.8, 4) is 0 Å². The molecule has 0 spiro atoms. The van der Waals surface area contributed by atoms with Gasteiger partial charge in [0.1, 0.15) is 6.10 Å². The van der Waals surface area contributed by atoms with Gasteiger partial charge >= 0.3 is 0 Å². The summed E-state index contributed by atoms with van der Waals surface area (Å²) in [6, 6.07) is 11.6. The molecule has 0 radical (unpaired) electrons. The summed E-state index contributed by atoms with van der Waals surface area (Å²) in [5.74, 6) is 0.0914. The molecule has 3 nitrogen and oxygen atoms in total. The molecule has 0 fully saturated rings. The molecule has 0 aromatic heterocycles. The molecule has 108 valence electrons. The fraction of sp³-hybridized carbons (Fsp3) is 0.188. The second-order valence-electron chi connectivity index (χ2n) is 5.09. The predicted molar refractivity (Wildman–Crippen MR) is 94.5 cm³/mol. The van der Waals surface area contributed by atoms with Gasteiger partial charge in [-0.25, -0.2) is 0 Å². The van der Waals surface area contributed by atoms with Gasteiger partial charge in [0.15, 0.2) is 0 Å². The van der Waals surface area contributed by atoms with Crippen molar-refractivity contribution in [1.82, 2.24) is 0 Å². The van der Waals surface area contributed by atoms with Gasteiger partial charge in [0, 0.05) is 20.8 Å². The zero-order valence-electron chi connectivity index (χ0n) is 11.3. The molecule has 1 unspecified atom stereocenters. The summed E-state index contributed by atoms with van der Waals surface area (Å²) < 4.78 is 1.95. The third kappa shape index (κ3) is 2.74. The Bertz CT molecular complexity index is 732. The second-order valence-corrected chi connectivity index (χ2v) is 7.16. The Labute approximate surface area is 145 Å². The molecule has 1 N–H and O–H groups in total. The van der Waals surface area contributed by atoms with Gasteiger partial charge in [-0.1, -0.05) is 28.1 Å². The van der Waals surface area contributed by atoms with E-state index in [4.69, 9.17) is 0 Å². The number of likely N-dealkylation sites (N-methyl/N-ethyl adjacent to an activating group) is 1. The van der Waals surface area contributed by atoms with Crippen LogP contribution in [0.4, 0.5) is 5.69 Å². The van der Waals surface area contributed by atoms with E-state index in [1.807, 2.05) is 36.4 Å². The Balaban J connectivity index is 2.00. The lowest BCUT2D eigenvalue weighted by atomic mass is 9.99. The third-order valence-electron chi connectivity index (χ3n) is 3.75. The number of aliphatic hydroxyl groups excluding tert-OH is 1. The summed E-state index contributed by atoms with van der Waals surface area (Å²) in [7, 11) is 1.78. The van der Waals surface area contributed by atoms with Gasteiger partial charge in [-0.2, -0.15) is 0 Å². The molecular weight excluding hydrogens is 445 g/mol. The predicted octanol–water partition coefficient (Wildman–Crippen LogP) is 3.65. The topological polar surface area (TPSA) is 40.5 Å². The van der Waals surface area contributed by atoms with E-state index in [2.05, 4.69) is 38.5 Å². The van der Waals surface area contributed by atoms with Crippen LogP contribution in [0.1, 0.15) is 22.8 Å². The van der Waals surface area contributed by atoms with E-state index in [0.717, 1.165) is 30.4 Å². The first-order valence-electron chi connectivity index (χ1n) is 6.50. The number of nitrogens with zero attached hydrogens (tertiary/aromatic N) is 1. The van der Waals surface area contributed by atoms with Gasteiger partial charge in [0.05, 0.1) is 6.42 Å². The third-order valence-corrected chi connectivity index (χ3v) is 5.22. The first kappa shape index (κ1) is 15.0. The first-order chi connectivity index (χ1) is 9.97. The number of carbonyl (C=O) groups is 1. The quantitative estimate of drug-likeness (QED) is 0.699. The average Bonchev–Trinajstić information content (AvgIpc) is 2.75. The van der Waals surface area contributed by atoms with Crippen LogP contribution in [0.2, 0.25) is 0 Å². The fourth-order valence-electron chi connectivity index (χ4n) is 2.56. The van der Waals surface area contributed by atoms with Gasteiger partial charge in [-0.05, 0) is 63.5 Å². The lowest BCUT2D eigenvalue weighted by Crippen LogP contribution is -2.20. The summed E-state index contributed by atoms with van der Waals surface area (Å²) in [5, 5.41) is 10.6. The number of anilines is 1. The zero-order valence-corrected chi connectivity index (χ0v) is 15.1. The molecule has 2 aromatic carbocycles. The van der Waals surface area contributed by atoms with Crippen molar-refractivity contribution in [2.75, 3.05) is 11.9 Å². The Kier molecular flexibility index (Phi) is 4.07. The molecule has 0 bridgehead atoms. The lowest BCUT2D eigenvalue weighted by Gasteiger charge is -2.16. The number of carbonyl (C=O) groups excluding carboxylic acids is 1. The normalized spacial score (nSPS) is 15.2. The minimum Gasteiger partial charge on any atom is -0.384 e. The van der Waals surface area contributed by atoms with Crippen LogP contribution >= 0.6 is 38.5 Å². The van der Waals surface area contributed by atoms with Crippen LogP contribution in [0.25, 0.3) is 0 Å². The molecular formula is C16H13BrINO2. The van der Waals surface area contributed by atoms with Crippen LogP contribution in [0, 0.1) is 3.57 Å². The molecule has 3 rings (SSSR count). The minimum atomic E-state index is -0.694. The molecule has 0 saturated carbocycles. The van der Waals surface area contributed by atoms with Crippen molar-refractivity contribution in [1.29, 1.82) is 0 Å². The Morgan fingerprint density at radius 3 is 2.81 bits per heavy atom. The van der Waals surface area contributed by atoms with Gasteiger partial charge in [-0.3, -0.25) is 4.79 Å². The molecule has 1 atom stereocenters. The van der Waals surface area contributed by atoms with Crippen molar-refractivity contribution in [3.63, 3.8) is 0 Å². The number of aliphatic hydroxyl groups is 1. The van der Waals surface area contributed by atoms with E-state index in [1.165, 1.54) is 0 Å². The van der Waals surface area contributed by atoms with E-state index >= 15 is 0 Å². The monoisotopic (exact) mass is 457 g/mol. The van der Waals surface area contributed by atoms with E-state index < -0.39 is 6.10 Å². The molecule has 0 saturated heterocycles. The van der Waals surface area contributed by atoms with Crippen LogP contribution in [0.3, 0.4) is 0 Å². The number of hydrogen-bond acceptors (Lipinski definition) is 2. The highest BCUT2D eigenvalue weighted by atomic mass is 127. The summed E-state index contributed by atoms with van der Waals surface area (Å²) in [5.41, 5.74) is 3.58. The van der Waals surface area contributed by atoms with Gasteiger partial charge in [0.2, 0.25) is 5.91 Å². The van der Waals surface area contributed by atoms with Crippen molar-refractivity contribution < 1.29 is 9.90 Å². The largest absolute Gasteiger partial charge is 0.384 e. The standard InChI is InChI=1S/C16H13BrINO2/c1-19-14-5-2-9(6-10(14)7-15(19)20)16(21)12-8-11(17)3-4-13(12)18/h2-6,8,16,21H,7H2,1H3. The molecule has 21 heavy (non-hydrogen) atoms. The number of fused-ring (bicyclic) bond motifs is 1. The molecule has 0 aliphatic carbocycles. The van der Waals surface area contributed by atoms with Crippen LogP contribution < -0.4 is 4.90 Å². The lowest BCUT2D eigenvalue weighted by molar-refractivity contribution is -0.117. The van der Waals surface area contributed by atoms with Crippen LogP contribution in [-0.2, 0) is 11.2 Å².